The third-order valence-corrected chi connectivity index (χ3v) is 3.04. The molecule has 0 aromatic heterocycles. The van der Waals surface area contributed by atoms with Crippen LogP contribution in [0.4, 0.5) is 0 Å². The van der Waals surface area contributed by atoms with E-state index in [1.54, 1.807) is 0 Å². The van der Waals surface area contributed by atoms with Crippen LogP contribution in [0.25, 0.3) is 0 Å². The van der Waals surface area contributed by atoms with Crippen LogP contribution in [0.5, 0.6) is 0 Å². The van der Waals surface area contributed by atoms with E-state index in [1.807, 2.05) is 0 Å². The molecule has 0 aromatic carbocycles. The van der Waals surface area contributed by atoms with E-state index >= 15 is 0 Å². The lowest BCUT2D eigenvalue weighted by Crippen LogP contribution is -3.00. The maximum Gasteiger partial charge on any atom is 0.106 e. The largest absolute Gasteiger partial charge is 1.00 e. The van der Waals surface area contributed by atoms with Gasteiger partial charge in [0.1, 0.15) is 5.54 Å². The first kappa shape index (κ1) is 11.2. The van der Waals surface area contributed by atoms with Crippen molar-refractivity contribution >= 4 is 0 Å². The van der Waals surface area contributed by atoms with Gasteiger partial charge in [-0.2, -0.15) is 0 Å². The van der Waals surface area contributed by atoms with Gasteiger partial charge in [0, 0.05) is 6.54 Å². The van der Waals surface area contributed by atoms with E-state index in [4.69, 9.17) is 0 Å². The van der Waals surface area contributed by atoms with Crippen LogP contribution in [0.2, 0.25) is 0 Å². The van der Waals surface area contributed by atoms with E-state index in [9.17, 15) is 0 Å². The van der Waals surface area contributed by atoms with Gasteiger partial charge < -0.3 is 22.2 Å². The number of nitrogens with one attached hydrogen (secondary N) is 1. The fourth-order valence-corrected chi connectivity index (χ4v) is 1.27. The summed E-state index contributed by atoms with van der Waals surface area (Å²) in [5.74, 6) is 0. The molecule has 0 radical (unpaired) electrons. The SMILES string of the molecule is CC1(C)CNCC[N+]1(C)C.[Cl-]. The van der Waals surface area contributed by atoms with Crippen molar-refractivity contribution in [3.63, 3.8) is 0 Å². The molecule has 1 saturated heterocycles. The number of hydrogen-bond donors (Lipinski definition) is 1. The highest BCUT2D eigenvalue weighted by molar-refractivity contribution is 4.76. The van der Waals surface area contributed by atoms with E-state index < -0.39 is 0 Å². The number of nitrogens with zero attached hydrogens (tertiary/aromatic N) is 1. The van der Waals surface area contributed by atoms with Crippen molar-refractivity contribution in [3.8, 4) is 0 Å². The lowest BCUT2D eigenvalue weighted by molar-refractivity contribution is -0.939. The van der Waals surface area contributed by atoms with Crippen molar-refractivity contribution in [2.45, 2.75) is 19.4 Å². The van der Waals surface area contributed by atoms with Crippen molar-refractivity contribution in [2.24, 2.45) is 0 Å². The lowest BCUT2D eigenvalue weighted by Gasteiger charge is -2.48. The first-order valence-corrected chi connectivity index (χ1v) is 3.99. The summed E-state index contributed by atoms with van der Waals surface area (Å²) in [6.45, 7) is 8.18. The fraction of sp³-hybridized carbons (Fsp3) is 1.00. The van der Waals surface area contributed by atoms with E-state index in [2.05, 4.69) is 33.3 Å². The Hall–Kier alpha value is 0.210. The summed E-state index contributed by atoms with van der Waals surface area (Å²) in [6, 6.07) is 0. The minimum absolute atomic E-state index is 0. The summed E-state index contributed by atoms with van der Waals surface area (Å²) in [7, 11) is 4.61. The van der Waals surface area contributed by atoms with Gasteiger partial charge in [-0.25, -0.2) is 0 Å². The molecule has 1 heterocycles. The third kappa shape index (κ3) is 2.08. The minimum Gasteiger partial charge on any atom is -1.00 e. The second-order valence-corrected chi connectivity index (χ2v) is 4.40. The van der Waals surface area contributed by atoms with Gasteiger partial charge in [0.25, 0.3) is 0 Å². The van der Waals surface area contributed by atoms with Crippen molar-refractivity contribution in [3.05, 3.63) is 0 Å². The summed E-state index contributed by atoms with van der Waals surface area (Å²) >= 11 is 0. The van der Waals surface area contributed by atoms with Crippen LogP contribution in [0, 0.1) is 0 Å². The Labute approximate surface area is 76.0 Å². The average molecular weight is 179 g/mol. The second kappa shape index (κ2) is 3.30. The van der Waals surface area contributed by atoms with Crippen molar-refractivity contribution < 1.29 is 16.9 Å². The molecule has 1 rings (SSSR count). The zero-order valence-corrected chi connectivity index (χ0v) is 8.70. The van der Waals surface area contributed by atoms with Crippen molar-refractivity contribution in [1.29, 1.82) is 0 Å². The lowest BCUT2D eigenvalue weighted by atomic mass is 9.98. The predicted octanol–water partition coefficient (Wildman–Crippen LogP) is -2.55. The van der Waals surface area contributed by atoms with Gasteiger partial charge in [0.05, 0.1) is 27.2 Å². The Kier molecular flexibility index (Phi) is 3.36. The molecule has 1 aliphatic heterocycles. The standard InChI is InChI=1S/C8H19N2.ClH/c1-8(2)7-9-5-6-10(8,3)4;/h9H,5-7H2,1-4H3;1H/q+1;/p-1. The summed E-state index contributed by atoms with van der Waals surface area (Å²) < 4.78 is 1.14. The Bertz CT molecular complexity index is 116. The first-order valence-electron chi connectivity index (χ1n) is 3.99. The van der Waals surface area contributed by atoms with Gasteiger partial charge in [-0.05, 0) is 13.8 Å². The number of rotatable bonds is 0. The molecule has 11 heavy (non-hydrogen) atoms. The van der Waals surface area contributed by atoms with E-state index in [0.717, 1.165) is 17.6 Å². The van der Waals surface area contributed by atoms with Crippen LogP contribution in [-0.2, 0) is 0 Å². The smallest absolute Gasteiger partial charge is 0.106 e. The van der Waals surface area contributed by atoms with Crippen LogP contribution in [-0.4, -0.2) is 43.8 Å². The minimum atomic E-state index is 0. The predicted molar refractivity (Wildman–Crippen MR) is 43.9 cm³/mol. The molecule has 1 fully saturated rings. The van der Waals surface area contributed by atoms with E-state index in [0.29, 0.717) is 5.54 Å². The molecule has 0 unspecified atom stereocenters. The number of hydrogen-bond acceptors (Lipinski definition) is 1. The molecule has 1 aliphatic rings. The van der Waals surface area contributed by atoms with Crippen molar-refractivity contribution in [2.75, 3.05) is 33.7 Å². The molecule has 2 nitrogen and oxygen atoms in total. The number of likely N-dealkylation sites (N-methyl/N-ethyl adjacent to an activating group) is 1. The monoisotopic (exact) mass is 178 g/mol. The quantitative estimate of drug-likeness (QED) is 0.403. The van der Waals surface area contributed by atoms with Crippen molar-refractivity contribution in [1.82, 2.24) is 5.32 Å². The third-order valence-electron chi connectivity index (χ3n) is 3.04. The first-order chi connectivity index (χ1) is 4.46. The summed E-state index contributed by atoms with van der Waals surface area (Å²) in [4.78, 5) is 0. The molecule has 0 aromatic rings. The van der Waals surface area contributed by atoms with Crippen LogP contribution in [0.1, 0.15) is 13.8 Å². The van der Waals surface area contributed by atoms with Crippen LogP contribution in [0.15, 0.2) is 0 Å². The van der Waals surface area contributed by atoms with Gasteiger partial charge in [0.15, 0.2) is 0 Å². The highest BCUT2D eigenvalue weighted by atomic mass is 35.5. The van der Waals surface area contributed by atoms with E-state index in [1.165, 1.54) is 6.54 Å². The van der Waals surface area contributed by atoms with Gasteiger partial charge in [-0.3, -0.25) is 0 Å². The molecule has 0 amide bonds. The van der Waals surface area contributed by atoms with Gasteiger partial charge in [0.2, 0.25) is 0 Å². The molecule has 3 heteroatoms. The van der Waals surface area contributed by atoms with Gasteiger partial charge >= 0.3 is 0 Å². The molecule has 1 N–H and O–H groups in total. The molecule has 0 saturated carbocycles. The molecular formula is C8H19ClN2. The molecule has 0 spiro atoms. The number of piperazine rings is 1. The summed E-state index contributed by atoms with van der Waals surface area (Å²) in [5.41, 5.74) is 0.401. The molecular weight excluding hydrogens is 160 g/mol. The molecule has 0 bridgehead atoms. The van der Waals surface area contributed by atoms with Gasteiger partial charge in [-0.15, -0.1) is 0 Å². The zero-order chi connectivity index (χ0) is 7.83. The Morgan fingerprint density at radius 1 is 1.27 bits per heavy atom. The highest BCUT2D eigenvalue weighted by Crippen LogP contribution is 2.20. The molecule has 0 atom stereocenters. The topological polar surface area (TPSA) is 12.0 Å². The second-order valence-electron chi connectivity index (χ2n) is 4.40. The highest BCUT2D eigenvalue weighted by Gasteiger charge is 2.38. The van der Waals surface area contributed by atoms with Crippen LogP contribution < -0.4 is 17.7 Å². The average Bonchev–Trinajstić information content (AvgIpc) is 1.77. The summed E-state index contributed by atoms with van der Waals surface area (Å²) in [6.07, 6.45) is 0. The maximum absolute atomic E-state index is 3.42. The molecule has 68 valence electrons. The normalized spacial score (nSPS) is 27.3. The van der Waals surface area contributed by atoms with Crippen LogP contribution >= 0.6 is 0 Å². The number of halogens is 1. The van der Waals surface area contributed by atoms with Gasteiger partial charge in [-0.1, -0.05) is 0 Å². The van der Waals surface area contributed by atoms with E-state index in [-0.39, 0.29) is 12.4 Å². The molecule has 0 aliphatic carbocycles. The Balaban J connectivity index is 0.000001000. The Morgan fingerprint density at radius 3 is 2.09 bits per heavy atom. The maximum atomic E-state index is 3.42. The fourth-order valence-electron chi connectivity index (χ4n) is 1.27. The van der Waals surface area contributed by atoms with Crippen LogP contribution in [0.3, 0.4) is 0 Å². The number of quaternary nitrogens is 1. The summed E-state index contributed by atoms with van der Waals surface area (Å²) in [5, 5.41) is 3.42. The zero-order valence-electron chi connectivity index (χ0n) is 7.95. The Morgan fingerprint density at radius 2 is 1.82 bits per heavy atom.